The molecule has 0 amide bonds. The number of aryl methyl sites for hydroxylation is 1. The smallest absolute Gasteiger partial charge is 0.112 e. The minimum atomic E-state index is -0.601. The second kappa shape index (κ2) is 10.0. The zero-order chi connectivity index (χ0) is 18.1. The summed E-state index contributed by atoms with van der Waals surface area (Å²) in [4.78, 5) is 5.51. The average molecular weight is 353 g/mol. The number of nitrogens with one attached hydrogen (secondary N) is 1. The fraction of sp³-hybridized carbons (Fsp3) is 0.286. The van der Waals surface area contributed by atoms with Gasteiger partial charge in [0.1, 0.15) is 6.10 Å². The van der Waals surface area contributed by atoms with Gasteiger partial charge in [0, 0.05) is 28.9 Å². The zero-order valence-corrected chi connectivity index (χ0v) is 15.7. The molecule has 1 aromatic carbocycles. The van der Waals surface area contributed by atoms with Gasteiger partial charge >= 0.3 is 0 Å². The van der Waals surface area contributed by atoms with Gasteiger partial charge in [0.05, 0.1) is 0 Å². The fourth-order valence-corrected chi connectivity index (χ4v) is 2.91. The Balaban J connectivity index is 1.96. The highest BCUT2D eigenvalue weighted by molar-refractivity contribution is 7.97. The van der Waals surface area contributed by atoms with Crippen molar-refractivity contribution in [3.63, 3.8) is 0 Å². The number of hydrogen-bond donors (Lipinski definition) is 2. The number of rotatable bonds is 6. The van der Waals surface area contributed by atoms with Gasteiger partial charge in [0.2, 0.25) is 0 Å². The molecule has 3 nitrogen and oxygen atoms in total. The molecule has 0 spiro atoms. The molecular formula is C21H24N2OS. The van der Waals surface area contributed by atoms with E-state index in [4.69, 9.17) is 0 Å². The number of nitrogens with zero attached hydrogens (tertiary/aromatic N) is 1. The standard InChI is InChI=1S/C21H24N2OS/c1-4-5-6-21-17(3)22-14-13-19(21)15-23-25-20-11-9-18(10-12-20)8-7-16(2)24/h5-6,9-14,16,23-24H,4,15H2,1-3H3/b6-5-. The Labute approximate surface area is 154 Å². The first kappa shape index (κ1) is 19.3. The van der Waals surface area contributed by atoms with Gasteiger partial charge in [-0.15, -0.1) is 0 Å². The van der Waals surface area contributed by atoms with Crippen LogP contribution in [0, 0.1) is 18.8 Å². The molecule has 130 valence electrons. The maximum absolute atomic E-state index is 9.19. The van der Waals surface area contributed by atoms with Crippen LogP contribution >= 0.6 is 11.9 Å². The number of aliphatic hydroxyl groups excluding tert-OH is 1. The summed E-state index contributed by atoms with van der Waals surface area (Å²) < 4.78 is 3.41. The van der Waals surface area contributed by atoms with Crippen LogP contribution in [0.25, 0.3) is 6.08 Å². The molecule has 2 rings (SSSR count). The minimum Gasteiger partial charge on any atom is -0.381 e. The molecule has 1 unspecified atom stereocenters. The van der Waals surface area contributed by atoms with Crippen LogP contribution in [-0.2, 0) is 6.54 Å². The van der Waals surface area contributed by atoms with E-state index in [0.29, 0.717) is 0 Å². The summed E-state index contributed by atoms with van der Waals surface area (Å²) in [6, 6.07) is 10.0. The van der Waals surface area contributed by atoms with Crippen LogP contribution in [0.4, 0.5) is 0 Å². The molecule has 0 saturated carbocycles. The molecule has 0 aliphatic heterocycles. The number of hydrogen-bond acceptors (Lipinski definition) is 4. The fourth-order valence-electron chi connectivity index (χ4n) is 2.24. The summed E-state index contributed by atoms with van der Waals surface area (Å²) in [5, 5.41) is 9.19. The molecule has 2 aromatic rings. The molecule has 25 heavy (non-hydrogen) atoms. The van der Waals surface area contributed by atoms with E-state index >= 15 is 0 Å². The molecule has 0 bridgehead atoms. The lowest BCUT2D eigenvalue weighted by molar-refractivity contribution is 0.253. The molecule has 1 aromatic heterocycles. The molecule has 0 saturated heterocycles. The molecule has 0 fully saturated rings. The van der Waals surface area contributed by atoms with E-state index in [0.717, 1.165) is 29.1 Å². The third kappa shape index (κ3) is 6.39. The van der Waals surface area contributed by atoms with Crippen molar-refractivity contribution in [2.75, 3.05) is 0 Å². The van der Waals surface area contributed by atoms with Gasteiger partial charge in [-0.2, -0.15) is 0 Å². The van der Waals surface area contributed by atoms with Crippen LogP contribution in [0.15, 0.2) is 47.5 Å². The summed E-state index contributed by atoms with van der Waals surface area (Å²) in [7, 11) is 0. The molecule has 1 atom stereocenters. The predicted octanol–water partition coefficient (Wildman–Crippen LogP) is 4.34. The van der Waals surface area contributed by atoms with E-state index in [-0.39, 0.29) is 0 Å². The van der Waals surface area contributed by atoms with E-state index in [1.165, 1.54) is 11.1 Å². The van der Waals surface area contributed by atoms with Gasteiger partial charge in [0.15, 0.2) is 0 Å². The van der Waals surface area contributed by atoms with Gasteiger partial charge in [-0.25, -0.2) is 0 Å². The summed E-state index contributed by atoms with van der Waals surface area (Å²) >= 11 is 1.59. The van der Waals surface area contributed by atoms with E-state index in [1.54, 1.807) is 18.9 Å². The Bertz CT molecular complexity index is 771. The first-order valence-corrected chi connectivity index (χ1v) is 9.22. The number of aliphatic hydroxyl groups is 1. The second-order valence-electron chi connectivity index (χ2n) is 5.67. The van der Waals surface area contributed by atoms with Gasteiger partial charge < -0.3 is 5.11 Å². The van der Waals surface area contributed by atoms with Crippen molar-refractivity contribution in [2.24, 2.45) is 0 Å². The Morgan fingerprint density at radius 2 is 2.04 bits per heavy atom. The van der Waals surface area contributed by atoms with Crippen molar-refractivity contribution >= 4 is 18.0 Å². The molecule has 0 radical (unpaired) electrons. The highest BCUT2D eigenvalue weighted by atomic mass is 32.2. The Morgan fingerprint density at radius 3 is 2.72 bits per heavy atom. The van der Waals surface area contributed by atoms with Crippen molar-refractivity contribution in [3.8, 4) is 11.8 Å². The topological polar surface area (TPSA) is 45.1 Å². The minimum absolute atomic E-state index is 0.601. The van der Waals surface area contributed by atoms with Gasteiger partial charge in [0.25, 0.3) is 0 Å². The predicted molar refractivity (Wildman–Crippen MR) is 106 cm³/mol. The molecule has 4 heteroatoms. The maximum atomic E-state index is 9.19. The van der Waals surface area contributed by atoms with E-state index < -0.39 is 6.10 Å². The monoisotopic (exact) mass is 352 g/mol. The highest BCUT2D eigenvalue weighted by Gasteiger charge is 2.04. The van der Waals surface area contributed by atoms with Crippen LogP contribution in [0.5, 0.6) is 0 Å². The van der Waals surface area contributed by atoms with Crippen LogP contribution in [0.3, 0.4) is 0 Å². The summed E-state index contributed by atoms with van der Waals surface area (Å²) in [6.07, 6.45) is 6.58. The van der Waals surface area contributed by atoms with Crippen LogP contribution in [-0.4, -0.2) is 16.2 Å². The lowest BCUT2D eigenvalue weighted by Gasteiger charge is -2.09. The van der Waals surface area contributed by atoms with E-state index in [9.17, 15) is 5.11 Å². The summed E-state index contributed by atoms with van der Waals surface area (Å²) in [5.74, 6) is 5.69. The van der Waals surface area contributed by atoms with Gasteiger partial charge in [-0.1, -0.05) is 30.9 Å². The quantitative estimate of drug-likeness (QED) is 0.599. The van der Waals surface area contributed by atoms with E-state index in [1.807, 2.05) is 37.4 Å². The summed E-state index contributed by atoms with van der Waals surface area (Å²) in [5.41, 5.74) is 4.39. The second-order valence-corrected chi connectivity index (χ2v) is 6.64. The van der Waals surface area contributed by atoms with Crippen molar-refractivity contribution in [2.45, 2.75) is 44.7 Å². The molecule has 2 N–H and O–H groups in total. The Morgan fingerprint density at radius 1 is 1.28 bits per heavy atom. The van der Waals surface area contributed by atoms with Crippen molar-refractivity contribution in [1.82, 2.24) is 9.71 Å². The van der Waals surface area contributed by atoms with Crippen molar-refractivity contribution in [3.05, 3.63) is 65.0 Å². The van der Waals surface area contributed by atoms with Crippen molar-refractivity contribution in [1.29, 1.82) is 0 Å². The lowest BCUT2D eigenvalue weighted by atomic mass is 10.1. The normalized spacial score (nSPS) is 12.0. The highest BCUT2D eigenvalue weighted by Crippen LogP contribution is 2.19. The first-order valence-electron chi connectivity index (χ1n) is 8.40. The van der Waals surface area contributed by atoms with Crippen LogP contribution < -0.4 is 4.72 Å². The first-order chi connectivity index (χ1) is 12.1. The third-order valence-electron chi connectivity index (χ3n) is 3.53. The molecular weight excluding hydrogens is 328 g/mol. The lowest BCUT2D eigenvalue weighted by Crippen LogP contribution is -2.06. The van der Waals surface area contributed by atoms with Gasteiger partial charge in [-0.05, 0) is 73.7 Å². The number of pyridine rings is 1. The van der Waals surface area contributed by atoms with Crippen molar-refractivity contribution < 1.29 is 5.11 Å². The summed E-state index contributed by atoms with van der Waals surface area (Å²) in [6.45, 7) is 6.59. The Hall–Kier alpha value is -2.06. The largest absolute Gasteiger partial charge is 0.381 e. The number of benzene rings is 1. The maximum Gasteiger partial charge on any atom is 0.112 e. The van der Waals surface area contributed by atoms with Crippen LogP contribution in [0.2, 0.25) is 0 Å². The molecule has 0 aliphatic rings. The zero-order valence-electron chi connectivity index (χ0n) is 14.9. The average Bonchev–Trinajstić information content (AvgIpc) is 2.60. The molecule has 1 heterocycles. The van der Waals surface area contributed by atoms with E-state index in [2.05, 4.69) is 46.7 Å². The van der Waals surface area contributed by atoms with Gasteiger partial charge in [-0.3, -0.25) is 9.71 Å². The number of aromatic nitrogens is 1. The molecule has 0 aliphatic carbocycles. The number of allylic oxidation sites excluding steroid dienone is 1. The Kier molecular flexibility index (Phi) is 7.75. The van der Waals surface area contributed by atoms with Crippen LogP contribution in [0.1, 0.15) is 42.7 Å². The third-order valence-corrected chi connectivity index (χ3v) is 4.33. The SMILES string of the molecule is CC/C=C\c1c(CNSc2ccc(C#CC(C)O)cc2)ccnc1C.